The van der Waals surface area contributed by atoms with E-state index < -0.39 is 16.1 Å². The molecular weight excluding hydrogens is 322 g/mol. The number of benzene rings is 1. The lowest BCUT2D eigenvalue weighted by Crippen LogP contribution is -2.31. The molecule has 7 heteroatoms. The van der Waals surface area contributed by atoms with E-state index in [4.69, 9.17) is 5.11 Å². The Kier molecular flexibility index (Phi) is 4.76. The molecule has 1 aromatic carbocycles. The highest BCUT2D eigenvalue weighted by Crippen LogP contribution is 2.15. The SMILES string of the molecule is CN(C(=O)O)S(=O)(=O)c1cccc(C#CCBr)c1. The van der Waals surface area contributed by atoms with Gasteiger partial charge in [0.1, 0.15) is 0 Å². The van der Waals surface area contributed by atoms with Gasteiger partial charge in [0.25, 0.3) is 10.0 Å². The molecule has 0 fully saturated rings. The number of carbonyl (C=O) groups is 1. The number of sulfonamides is 1. The molecule has 0 atom stereocenters. The molecule has 0 aromatic heterocycles. The Labute approximate surface area is 114 Å². The summed E-state index contributed by atoms with van der Waals surface area (Å²) in [6, 6.07) is 5.83. The molecular formula is C11H10BrNO4S. The minimum atomic E-state index is -4.03. The number of alkyl halides is 1. The van der Waals surface area contributed by atoms with Crippen LogP contribution in [-0.2, 0) is 10.0 Å². The fourth-order valence-corrected chi connectivity index (χ4v) is 2.32. The van der Waals surface area contributed by atoms with Crippen molar-refractivity contribution >= 4 is 32.0 Å². The summed E-state index contributed by atoms with van der Waals surface area (Å²) in [5, 5.41) is 9.17. The first-order valence-electron chi connectivity index (χ1n) is 4.76. The zero-order valence-corrected chi connectivity index (χ0v) is 11.8. The molecule has 0 aliphatic heterocycles. The van der Waals surface area contributed by atoms with Crippen molar-refractivity contribution < 1.29 is 18.3 Å². The Hall–Kier alpha value is -1.52. The lowest BCUT2D eigenvalue weighted by atomic mass is 10.2. The van der Waals surface area contributed by atoms with Gasteiger partial charge < -0.3 is 5.11 Å². The number of amides is 1. The summed E-state index contributed by atoms with van der Waals surface area (Å²) < 4.78 is 24.0. The van der Waals surface area contributed by atoms with Crippen LogP contribution in [0.2, 0.25) is 0 Å². The minimum Gasteiger partial charge on any atom is -0.464 e. The molecule has 1 aromatic rings. The van der Waals surface area contributed by atoms with Crippen molar-refractivity contribution in [2.24, 2.45) is 0 Å². The van der Waals surface area contributed by atoms with Gasteiger partial charge in [-0.3, -0.25) is 0 Å². The first-order valence-corrected chi connectivity index (χ1v) is 7.32. The van der Waals surface area contributed by atoms with Crippen LogP contribution in [0.5, 0.6) is 0 Å². The molecule has 0 aliphatic carbocycles. The number of hydrogen-bond acceptors (Lipinski definition) is 3. The summed E-state index contributed by atoms with van der Waals surface area (Å²) in [5.74, 6) is 5.48. The summed E-state index contributed by atoms with van der Waals surface area (Å²) >= 11 is 3.13. The van der Waals surface area contributed by atoms with E-state index in [2.05, 4.69) is 27.8 Å². The highest BCUT2D eigenvalue weighted by molar-refractivity contribution is 9.09. The van der Waals surface area contributed by atoms with Crippen molar-refractivity contribution in [3.63, 3.8) is 0 Å². The van der Waals surface area contributed by atoms with E-state index in [-0.39, 0.29) is 9.20 Å². The highest BCUT2D eigenvalue weighted by Gasteiger charge is 2.24. The van der Waals surface area contributed by atoms with E-state index in [1.807, 2.05) is 0 Å². The zero-order valence-electron chi connectivity index (χ0n) is 9.42. The predicted octanol–water partition coefficient (Wildman–Crippen LogP) is 1.73. The van der Waals surface area contributed by atoms with E-state index in [1.165, 1.54) is 18.2 Å². The van der Waals surface area contributed by atoms with Gasteiger partial charge in [-0.1, -0.05) is 33.8 Å². The first-order chi connectivity index (χ1) is 8.39. The maximum Gasteiger partial charge on any atom is 0.421 e. The highest BCUT2D eigenvalue weighted by atomic mass is 79.9. The largest absolute Gasteiger partial charge is 0.464 e. The Morgan fingerprint density at radius 3 is 2.72 bits per heavy atom. The molecule has 0 heterocycles. The van der Waals surface area contributed by atoms with Gasteiger partial charge in [-0.05, 0) is 18.2 Å². The molecule has 0 unspecified atom stereocenters. The van der Waals surface area contributed by atoms with Crippen LogP contribution in [-0.4, -0.2) is 36.3 Å². The van der Waals surface area contributed by atoms with Crippen LogP contribution in [0.4, 0.5) is 4.79 Å². The second-order valence-electron chi connectivity index (χ2n) is 3.22. The van der Waals surface area contributed by atoms with Crippen LogP contribution >= 0.6 is 15.9 Å². The summed E-state index contributed by atoms with van der Waals surface area (Å²) in [5.41, 5.74) is 0.509. The zero-order chi connectivity index (χ0) is 13.8. The van der Waals surface area contributed by atoms with Crippen molar-refractivity contribution in [3.8, 4) is 11.8 Å². The van der Waals surface area contributed by atoms with Crippen molar-refractivity contribution in [3.05, 3.63) is 29.8 Å². The van der Waals surface area contributed by atoms with Gasteiger partial charge in [-0.2, -0.15) is 0 Å². The average Bonchev–Trinajstić information content (AvgIpc) is 2.35. The van der Waals surface area contributed by atoms with E-state index in [1.54, 1.807) is 6.07 Å². The normalized spacial score (nSPS) is 10.3. The molecule has 1 amide bonds. The van der Waals surface area contributed by atoms with Gasteiger partial charge in [-0.15, -0.1) is 0 Å². The van der Waals surface area contributed by atoms with Gasteiger partial charge in [0.2, 0.25) is 0 Å². The second kappa shape index (κ2) is 5.89. The number of rotatable bonds is 2. The van der Waals surface area contributed by atoms with Gasteiger partial charge >= 0.3 is 6.09 Å². The van der Waals surface area contributed by atoms with Crippen LogP contribution in [0.1, 0.15) is 5.56 Å². The molecule has 1 rings (SSSR count). The Balaban J connectivity index is 3.22. The third-order valence-corrected chi connectivity index (χ3v) is 4.07. The summed E-state index contributed by atoms with van der Waals surface area (Å²) in [6.45, 7) is 0. The van der Waals surface area contributed by atoms with Crippen molar-refractivity contribution in [1.29, 1.82) is 0 Å². The number of halogens is 1. The molecule has 0 saturated carbocycles. The van der Waals surface area contributed by atoms with Gasteiger partial charge in [-0.25, -0.2) is 17.5 Å². The van der Waals surface area contributed by atoms with Crippen LogP contribution < -0.4 is 0 Å². The Morgan fingerprint density at radius 1 is 1.50 bits per heavy atom. The molecule has 1 N–H and O–H groups in total. The molecule has 96 valence electrons. The second-order valence-corrected chi connectivity index (χ2v) is 5.75. The molecule has 0 spiro atoms. The maximum absolute atomic E-state index is 11.9. The minimum absolute atomic E-state index is 0.103. The topological polar surface area (TPSA) is 74.7 Å². The van der Waals surface area contributed by atoms with Gasteiger partial charge in [0.15, 0.2) is 0 Å². The van der Waals surface area contributed by atoms with Crippen LogP contribution in [0.25, 0.3) is 0 Å². The predicted molar refractivity (Wildman–Crippen MR) is 70.1 cm³/mol. The van der Waals surface area contributed by atoms with E-state index in [0.29, 0.717) is 10.9 Å². The Morgan fingerprint density at radius 2 is 2.17 bits per heavy atom. The monoisotopic (exact) mass is 331 g/mol. The quantitative estimate of drug-likeness (QED) is 0.661. The van der Waals surface area contributed by atoms with E-state index in [9.17, 15) is 13.2 Å². The number of nitrogens with zero attached hydrogens (tertiary/aromatic N) is 1. The van der Waals surface area contributed by atoms with Gasteiger partial charge in [0, 0.05) is 12.6 Å². The third kappa shape index (κ3) is 3.24. The maximum atomic E-state index is 11.9. The fourth-order valence-electron chi connectivity index (χ4n) is 1.13. The molecule has 0 saturated heterocycles. The summed E-state index contributed by atoms with van der Waals surface area (Å²) in [7, 11) is -3.05. The fraction of sp³-hybridized carbons (Fsp3) is 0.182. The number of carboxylic acid groups (broad SMARTS) is 1. The standard InChI is InChI=1S/C11H10BrNO4S/c1-13(11(14)15)18(16,17)10-6-2-4-9(8-10)5-3-7-12/h2,4,6,8H,7H2,1H3,(H,14,15). The van der Waals surface area contributed by atoms with Gasteiger partial charge in [0.05, 0.1) is 10.2 Å². The third-order valence-electron chi connectivity index (χ3n) is 2.06. The summed E-state index contributed by atoms with van der Waals surface area (Å²) in [4.78, 5) is 10.6. The van der Waals surface area contributed by atoms with Crippen molar-refractivity contribution in [2.45, 2.75) is 4.90 Å². The molecule has 0 aliphatic rings. The lowest BCUT2D eigenvalue weighted by Gasteiger charge is -2.13. The first kappa shape index (κ1) is 14.5. The summed E-state index contributed by atoms with van der Waals surface area (Å²) in [6.07, 6.45) is -1.54. The molecule has 0 bridgehead atoms. The number of hydrogen-bond donors (Lipinski definition) is 1. The van der Waals surface area contributed by atoms with E-state index >= 15 is 0 Å². The molecule has 5 nitrogen and oxygen atoms in total. The van der Waals surface area contributed by atoms with Crippen LogP contribution in [0, 0.1) is 11.8 Å². The van der Waals surface area contributed by atoms with Crippen molar-refractivity contribution in [1.82, 2.24) is 4.31 Å². The lowest BCUT2D eigenvalue weighted by molar-refractivity contribution is 0.178. The van der Waals surface area contributed by atoms with Crippen LogP contribution in [0.3, 0.4) is 0 Å². The molecule has 18 heavy (non-hydrogen) atoms. The van der Waals surface area contributed by atoms with E-state index in [0.717, 1.165) is 7.05 Å². The smallest absolute Gasteiger partial charge is 0.421 e. The van der Waals surface area contributed by atoms with Crippen LogP contribution in [0.15, 0.2) is 29.2 Å². The van der Waals surface area contributed by atoms with Crippen molar-refractivity contribution in [2.75, 3.05) is 12.4 Å². The molecule has 0 radical (unpaired) electrons. The average molecular weight is 332 g/mol. The Bertz CT molecular complexity index is 615.